The van der Waals surface area contributed by atoms with Gasteiger partial charge in [-0.05, 0) is 13.8 Å². The van der Waals surface area contributed by atoms with Crippen LogP contribution in [0.25, 0.3) is 0 Å². The molecule has 0 radical (unpaired) electrons. The maximum absolute atomic E-state index is 13.1. The molecule has 0 bridgehead atoms. The van der Waals surface area contributed by atoms with Gasteiger partial charge in [0.1, 0.15) is 5.60 Å². The van der Waals surface area contributed by atoms with Gasteiger partial charge in [-0.25, -0.2) is 13.1 Å². The Balaban J connectivity index is 2.43. The first kappa shape index (κ1) is 19.8. The van der Waals surface area contributed by atoms with E-state index in [2.05, 4.69) is 15.4 Å². The van der Waals surface area contributed by atoms with Crippen molar-refractivity contribution in [2.24, 2.45) is 7.05 Å². The zero-order chi connectivity index (χ0) is 19.2. The molecule has 0 spiro atoms. The molecule has 0 aliphatic carbocycles. The average Bonchev–Trinajstić information content (AvgIpc) is 2.92. The Morgan fingerprint density at radius 2 is 2.00 bits per heavy atom. The van der Waals surface area contributed by atoms with Crippen LogP contribution in [0.1, 0.15) is 25.1 Å². The number of hydrogen-bond acceptors (Lipinski definition) is 6. The topological polar surface area (TPSA) is 85.7 Å². The quantitative estimate of drug-likeness (QED) is 0.760. The number of sulfonamides is 1. The van der Waals surface area contributed by atoms with Crippen LogP contribution in [0.4, 0.5) is 22.0 Å². The molecule has 1 saturated heterocycles. The van der Waals surface area contributed by atoms with E-state index in [4.69, 9.17) is 4.84 Å². The summed E-state index contributed by atoms with van der Waals surface area (Å²) in [5.74, 6) is -2.24. The van der Waals surface area contributed by atoms with Gasteiger partial charge >= 0.3 is 12.8 Å². The molecule has 2 heterocycles. The molecule has 0 saturated carbocycles. The van der Waals surface area contributed by atoms with E-state index in [1.54, 1.807) is 13.8 Å². The Morgan fingerprint density at radius 3 is 2.44 bits per heavy atom. The van der Waals surface area contributed by atoms with Crippen molar-refractivity contribution in [1.82, 2.24) is 19.8 Å². The van der Waals surface area contributed by atoms with Crippen LogP contribution in [0.2, 0.25) is 0 Å². The van der Waals surface area contributed by atoms with E-state index in [1.807, 2.05) is 0 Å². The smallest absolute Gasteiger partial charge is 0.417 e. The molecule has 1 aliphatic rings. The summed E-state index contributed by atoms with van der Waals surface area (Å²) in [7, 11) is -3.46. The molecule has 0 amide bonds. The number of halogens is 5. The van der Waals surface area contributed by atoms with Crippen LogP contribution < -0.4 is 10.3 Å². The number of ether oxygens (including phenoxy) is 1. The zero-order valence-corrected chi connectivity index (χ0v) is 14.1. The van der Waals surface area contributed by atoms with Gasteiger partial charge in [0.25, 0.3) is 0 Å². The number of nitrogens with zero attached hydrogens (tertiary/aromatic N) is 3. The Bertz CT molecular complexity index is 746. The van der Waals surface area contributed by atoms with E-state index < -0.39 is 51.3 Å². The van der Waals surface area contributed by atoms with E-state index >= 15 is 0 Å². The van der Waals surface area contributed by atoms with Crippen molar-refractivity contribution in [2.45, 2.75) is 38.0 Å². The minimum absolute atomic E-state index is 0.192. The number of hydrazine groups is 1. The van der Waals surface area contributed by atoms with Crippen molar-refractivity contribution in [1.29, 1.82) is 0 Å². The maximum atomic E-state index is 13.1. The summed E-state index contributed by atoms with van der Waals surface area (Å²) in [5, 5.41) is 3.07. The summed E-state index contributed by atoms with van der Waals surface area (Å²) in [6, 6.07) is 0. The molecule has 1 fully saturated rings. The van der Waals surface area contributed by atoms with Gasteiger partial charge in [0.15, 0.2) is 5.69 Å². The number of hydrogen-bond donors (Lipinski definition) is 1. The molecule has 8 nitrogen and oxygen atoms in total. The Labute approximate surface area is 139 Å². The second-order valence-electron chi connectivity index (χ2n) is 5.85. The van der Waals surface area contributed by atoms with Crippen LogP contribution in [0.5, 0.6) is 5.88 Å². The highest BCUT2D eigenvalue weighted by Gasteiger charge is 2.44. The van der Waals surface area contributed by atoms with Gasteiger partial charge in [-0.15, -0.1) is 10.0 Å². The van der Waals surface area contributed by atoms with Crippen molar-refractivity contribution in [3.8, 4) is 5.88 Å². The minimum atomic E-state index is -5.06. The molecule has 0 atom stereocenters. The highest BCUT2D eigenvalue weighted by molar-refractivity contribution is 7.88. The van der Waals surface area contributed by atoms with Crippen LogP contribution in [0.3, 0.4) is 0 Å². The Morgan fingerprint density at radius 1 is 1.40 bits per heavy atom. The molecule has 25 heavy (non-hydrogen) atoms. The lowest BCUT2D eigenvalue weighted by molar-refractivity contribution is -0.142. The first-order valence-corrected chi connectivity index (χ1v) is 8.36. The predicted molar refractivity (Wildman–Crippen MR) is 72.5 cm³/mol. The lowest BCUT2D eigenvalue weighted by Gasteiger charge is -2.16. The van der Waals surface area contributed by atoms with Gasteiger partial charge < -0.3 is 4.74 Å². The van der Waals surface area contributed by atoms with Crippen LogP contribution in [0.15, 0.2) is 0 Å². The number of nitrogens with one attached hydrogen (secondary N) is 1. The highest BCUT2D eigenvalue weighted by Crippen LogP contribution is 2.37. The second kappa shape index (κ2) is 6.34. The zero-order valence-electron chi connectivity index (χ0n) is 13.3. The Hall–Kier alpha value is -1.51. The van der Waals surface area contributed by atoms with Gasteiger partial charge in [-0.2, -0.15) is 27.1 Å². The lowest BCUT2D eigenvalue weighted by Crippen LogP contribution is -2.38. The third-order valence-corrected chi connectivity index (χ3v) is 4.70. The molecule has 1 N–H and O–H groups in total. The van der Waals surface area contributed by atoms with Gasteiger partial charge in [0.2, 0.25) is 15.9 Å². The molecule has 0 unspecified atom stereocenters. The van der Waals surface area contributed by atoms with Crippen molar-refractivity contribution in [2.75, 3.05) is 6.54 Å². The minimum Gasteiger partial charge on any atom is -0.417 e. The predicted octanol–water partition coefficient (Wildman–Crippen LogP) is 1.40. The number of rotatable bonds is 5. The van der Waals surface area contributed by atoms with Gasteiger partial charge in [-0.1, -0.05) is 0 Å². The summed E-state index contributed by atoms with van der Waals surface area (Å²) >= 11 is 0. The molecular weight excluding hydrogens is 379 g/mol. The van der Waals surface area contributed by atoms with Crippen LogP contribution in [0, 0.1) is 0 Å². The van der Waals surface area contributed by atoms with E-state index in [-0.39, 0.29) is 6.54 Å². The van der Waals surface area contributed by atoms with Crippen molar-refractivity contribution in [3.05, 3.63) is 11.3 Å². The molecule has 1 aromatic rings. The summed E-state index contributed by atoms with van der Waals surface area (Å²) < 4.78 is 94.0. The largest absolute Gasteiger partial charge is 0.435 e. The number of aryl methyl sites for hydroxylation is 1. The van der Waals surface area contributed by atoms with E-state index in [9.17, 15) is 30.4 Å². The third-order valence-electron chi connectivity index (χ3n) is 3.17. The molecular formula is C11H15F5N4O4S. The number of alkyl halides is 5. The molecule has 2 rings (SSSR count). The molecule has 0 aromatic carbocycles. The fourth-order valence-corrected chi connectivity index (χ4v) is 3.58. The normalized spacial score (nSPS) is 18.9. The fourth-order valence-electron chi connectivity index (χ4n) is 2.14. The van der Waals surface area contributed by atoms with Crippen molar-refractivity contribution < 1.29 is 39.9 Å². The Kier molecular flexibility index (Phi) is 5.02. The molecule has 1 aliphatic heterocycles. The first-order valence-electron chi connectivity index (χ1n) is 6.75. The molecule has 1 aromatic heterocycles. The summed E-state index contributed by atoms with van der Waals surface area (Å²) in [6.07, 6.45) is -5.06. The van der Waals surface area contributed by atoms with Gasteiger partial charge in [-0.3, -0.25) is 4.84 Å². The van der Waals surface area contributed by atoms with Crippen molar-refractivity contribution in [3.63, 3.8) is 0 Å². The fraction of sp³-hybridized carbons (Fsp3) is 0.727. The first-order chi connectivity index (χ1) is 11.2. The van der Waals surface area contributed by atoms with Crippen molar-refractivity contribution >= 4 is 10.0 Å². The van der Waals surface area contributed by atoms with Crippen LogP contribution >= 0.6 is 0 Å². The van der Waals surface area contributed by atoms with Gasteiger partial charge in [0.05, 0.1) is 17.9 Å². The van der Waals surface area contributed by atoms with Crippen LogP contribution in [-0.4, -0.2) is 41.4 Å². The third kappa shape index (κ3) is 4.37. The average molecular weight is 394 g/mol. The van der Waals surface area contributed by atoms with Crippen LogP contribution in [-0.2, 0) is 33.8 Å². The maximum Gasteiger partial charge on any atom is 0.435 e. The van der Waals surface area contributed by atoms with E-state index in [1.165, 1.54) is 0 Å². The highest BCUT2D eigenvalue weighted by atomic mass is 32.2. The monoisotopic (exact) mass is 394 g/mol. The summed E-state index contributed by atoms with van der Waals surface area (Å²) in [5.41, 5.74) is -1.47. The van der Waals surface area contributed by atoms with E-state index in [0.717, 1.165) is 7.05 Å². The molecule has 144 valence electrons. The SMILES string of the molecule is Cn1nc(C(F)(F)F)c(CS(=O)(=O)N2CC(C)(C)ON2)c1OC(F)F. The molecule has 14 heteroatoms. The van der Waals surface area contributed by atoms with Gasteiger partial charge in [0, 0.05) is 7.05 Å². The lowest BCUT2D eigenvalue weighted by atomic mass is 10.1. The second-order valence-corrected chi connectivity index (χ2v) is 7.74. The summed E-state index contributed by atoms with van der Waals surface area (Å²) in [6.45, 7) is -0.551. The standard InChI is InChI=1S/C11H15F5N4O4S/c1-10(2)5-20(18-24-10)25(21,22)4-6-7(11(14,15)16)17-19(3)8(6)23-9(12)13/h9,18H,4-5H2,1-3H3. The number of aromatic nitrogens is 2. The van der Waals surface area contributed by atoms with E-state index in [0.29, 0.717) is 9.10 Å². The summed E-state index contributed by atoms with van der Waals surface area (Å²) in [4.78, 5) is 4.98.